The number of hydrogen-bond donors (Lipinski definition) is 2. The monoisotopic (exact) mass is 628 g/mol. The molecule has 15 heteroatoms. The first kappa shape index (κ1) is 37.3. The van der Waals surface area contributed by atoms with Crippen LogP contribution in [0.2, 0.25) is 0 Å². The molecule has 0 heterocycles. The molecule has 0 radical (unpaired) electrons. The molecule has 43 heavy (non-hydrogen) atoms. The van der Waals surface area contributed by atoms with Gasteiger partial charge in [-0.2, -0.15) is 0 Å². The van der Waals surface area contributed by atoms with Crippen molar-refractivity contribution in [3.63, 3.8) is 0 Å². The summed E-state index contributed by atoms with van der Waals surface area (Å²) in [5.74, 6) is -4.26. The number of benzene rings is 1. The van der Waals surface area contributed by atoms with Crippen molar-refractivity contribution in [2.75, 3.05) is 26.2 Å². The summed E-state index contributed by atoms with van der Waals surface area (Å²) >= 11 is 0. The van der Waals surface area contributed by atoms with Crippen LogP contribution in [0.3, 0.4) is 0 Å². The first-order valence-electron chi connectivity index (χ1n) is 13.6. The van der Waals surface area contributed by atoms with Gasteiger partial charge in [0, 0.05) is 12.6 Å². The van der Waals surface area contributed by atoms with Crippen LogP contribution in [0.25, 0.3) is 0 Å². The van der Waals surface area contributed by atoms with Crippen LogP contribution in [-0.4, -0.2) is 68.3 Å². The highest BCUT2D eigenvalue weighted by Crippen LogP contribution is 2.41. The summed E-state index contributed by atoms with van der Waals surface area (Å²) in [5.41, 5.74) is 0.754. The second-order valence-corrected chi connectivity index (χ2v) is 11.7. The maximum Gasteiger partial charge on any atom is 0.516 e. The summed E-state index contributed by atoms with van der Waals surface area (Å²) in [5, 5.41) is 5.29. The van der Waals surface area contributed by atoms with Crippen molar-refractivity contribution in [2.24, 2.45) is 5.92 Å². The molecular formula is C28H41N2O12P. The molecule has 0 aromatic heterocycles. The molecule has 1 aromatic rings. The van der Waals surface area contributed by atoms with Crippen LogP contribution in [-0.2, 0) is 58.8 Å². The van der Waals surface area contributed by atoms with Crippen LogP contribution >= 0.6 is 7.44 Å². The summed E-state index contributed by atoms with van der Waals surface area (Å²) in [6, 6.07) is 6.71. The molecule has 1 aromatic carbocycles. The molecule has 0 aliphatic rings. The van der Waals surface area contributed by atoms with Crippen LogP contribution in [0, 0.1) is 5.92 Å². The van der Waals surface area contributed by atoms with Gasteiger partial charge in [-0.05, 0) is 46.6 Å². The normalized spacial score (nSPS) is 13.0. The molecule has 1 rings (SSSR count). The Morgan fingerprint density at radius 3 is 1.91 bits per heavy atom. The molecule has 0 aliphatic carbocycles. The largest absolute Gasteiger partial charge is 0.516 e. The molecule has 0 bridgehead atoms. The maximum absolute atomic E-state index is 14.1. The lowest BCUT2D eigenvalue weighted by molar-refractivity contribution is -0.158. The van der Waals surface area contributed by atoms with E-state index in [-0.39, 0.29) is 38.4 Å². The first-order valence-corrected chi connectivity index (χ1v) is 15.5. The zero-order valence-corrected chi connectivity index (χ0v) is 26.0. The van der Waals surface area contributed by atoms with Gasteiger partial charge in [-0.25, -0.2) is 15.0 Å². The predicted molar refractivity (Wildman–Crippen MR) is 153 cm³/mol. The van der Waals surface area contributed by atoms with Gasteiger partial charge in [-0.15, -0.1) is 0 Å². The lowest BCUT2D eigenvalue weighted by Crippen LogP contribution is -2.44. The van der Waals surface area contributed by atoms with Crippen LogP contribution in [0.4, 0.5) is 4.79 Å². The number of carbonyl (C=O) groups excluding carboxylic acids is 5. The Bertz CT molecular complexity index is 1110. The third-order valence-electron chi connectivity index (χ3n) is 5.47. The van der Waals surface area contributed by atoms with Crippen molar-refractivity contribution in [3.05, 3.63) is 48.2 Å². The van der Waals surface area contributed by atoms with Crippen LogP contribution in [0.15, 0.2) is 42.7 Å². The third kappa shape index (κ3) is 15.3. The Hall–Kier alpha value is -3.74. The quantitative estimate of drug-likeness (QED) is 0.0745. The van der Waals surface area contributed by atoms with E-state index >= 15 is 0 Å². The topological polar surface area (TPSA) is 182 Å². The van der Waals surface area contributed by atoms with E-state index in [0.717, 1.165) is 5.56 Å². The molecule has 0 aliphatic heterocycles. The Morgan fingerprint density at radius 1 is 0.837 bits per heavy atom. The zero-order chi connectivity index (χ0) is 32.4. The minimum absolute atomic E-state index is 0.00315. The van der Waals surface area contributed by atoms with Crippen LogP contribution in [0.5, 0.6) is 0 Å². The number of nitrogens with one attached hydrogen (secondary N) is 2. The molecule has 14 nitrogen and oxygen atoms in total. The number of carbonyl (C=O) groups is 5. The highest BCUT2D eigenvalue weighted by Gasteiger charge is 2.37. The van der Waals surface area contributed by atoms with Gasteiger partial charge in [0.2, 0.25) is 14.2 Å². The van der Waals surface area contributed by atoms with E-state index < -0.39 is 68.4 Å². The van der Waals surface area contributed by atoms with Gasteiger partial charge in [-0.3, -0.25) is 23.7 Å². The van der Waals surface area contributed by atoms with Crippen molar-refractivity contribution in [3.8, 4) is 0 Å². The second kappa shape index (κ2) is 19.4. The summed E-state index contributed by atoms with van der Waals surface area (Å²) in [6.07, 6.45) is -2.15. The molecule has 0 saturated carbocycles. The van der Waals surface area contributed by atoms with E-state index in [1.165, 1.54) is 20.8 Å². The van der Waals surface area contributed by atoms with Crippen molar-refractivity contribution in [1.82, 2.24) is 10.2 Å². The van der Waals surface area contributed by atoms with Gasteiger partial charge < -0.3 is 28.4 Å². The number of allylic oxidation sites excluding steroid dienone is 1. The first-order chi connectivity index (χ1) is 20.3. The fourth-order valence-corrected chi connectivity index (χ4v) is 6.23. The second-order valence-electron chi connectivity index (χ2n) is 9.29. The molecule has 0 amide bonds. The molecule has 3 atom stereocenters. The van der Waals surface area contributed by atoms with Gasteiger partial charge >= 0.3 is 30.0 Å². The molecule has 0 spiro atoms. The Morgan fingerprint density at radius 2 is 1.40 bits per heavy atom. The van der Waals surface area contributed by atoms with Gasteiger partial charge in [0.25, 0.3) is 0 Å². The predicted octanol–water partition coefficient (Wildman–Crippen LogP) is 3.59. The van der Waals surface area contributed by atoms with Crippen molar-refractivity contribution < 1.29 is 57.0 Å². The zero-order valence-electron chi connectivity index (χ0n) is 25.1. The van der Waals surface area contributed by atoms with E-state index in [2.05, 4.69) is 26.2 Å². The Labute approximate surface area is 251 Å². The van der Waals surface area contributed by atoms with Crippen LogP contribution in [0.1, 0.15) is 53.0 Å². The van der Waals surface area contributed by atoms with Crippen molar-refractivity contribution >= 4 is 37.5 Å². The van der Waals surface area contributed by atoms with E-state index in [4.69, 9.17) is 18.9 Å². The van der Waals surface area contributed by atoms with E-state index in [1.807, 2.05) is 6.07 Å². The third-order valence-corrected chi connectivity index (χ3v) is 8.03. The number of esters is 4. The van der Waals surface area contributed by atoms with Gasteiger partial charge in [0.1, 0.15) is 24.4 Å². The smallest absolute Gasteiger partial charge is 0.465 e. The number of rotatable bonds is 19. The standard InChI is InChI=1S/C28H41N2O12P/c1-7-37-25(32)20(5)29-43(36,30-21(6)26(33)38-8-2)17-23(27(34)40-18-41-28(35)42-19(3)4)14-15-24(31)39-16-22-12-10-9-11-13-22/h9-13,20-21,23H,3,7-8,14-18H2,1-2,4-6H3,(H2,29,30,36)/t20-,21-,23?/m0/s1. The molecule has 1 unspecified atom stereocenters. The molecule has 2 N–H and O–H groups in total. The van der Waals surface area contributed by atoms with E-state index in [9.17, 15) is 28.5 Å². The fraction of sp³-hybridized carbons (Fsp3) is 0.536. The number of ether oxygens (including phenoxy) is 6. The van der Waals surface area contributed by atoms with Crippen molar-refractivity contribution in [2.45, 2.75) is 66.2 Å². The summed E-state index contributed by atoms with van der Waals surface area (Å²) in [7, 11) is -3.99. The number of hydrogen-bond acceptors (Lipinski definition) is 12. The maximum atomic E-state index is 14.1. The van der Waals surface area contributed by atoms with Crippen LogP contribution < -0.4 is 10.2 Å². The minimum atomic E-state index is -3.99. The van der Waals surface area contributed by atoms with Gasteiger partial charge in [0.15, 0.2) is 0 Å². The lowest BCUT2D eigenvalue weighted by Gasteiger charge is -2.28. The highest BCUT2D eigenvalue weighted by molar-refractivity contribution is 7.60. The molecule has 0 saturated heterocycles. The lowest BCUT2D eigenvalue weighted by atomic mass is 10.1. The van der Waals surface area contributed by atoms with Crippen molar-refractivity contribution in [1.29, 1.82) is 0 Å². The molecule has 240 valence electrons. The average Bonchev–Trinajstić information content (AvgIpc) is 2.94. The van der Waals surface area contributed by atoms with Gasteiger partial charge in [0.05, 0.1) is 19.1 Å². The van der Waals surface area contributed by atoms with Gasteiger partial charge in [-0.1, -0.05) is 36.9 Å². The Kier molecular flexibility index (Phi) is 16.9. The summed E-state index contributed by atoms with van der Waals surface area (Å²) < 4.78 is 43.7. The van der Waals surface area contributed by atoms with E-state index in [1.54, 1.807) is 38.1 Å². The average molecular weight is 629 g/mol. The molecular weight excluding hydrogens is 587 g/mol. The summed E-state index contributed by atoms with van der Waals surface area (Å²) in [6.45, 7) is 10.1. The fourth-order valence-electron chi connectivity index (χ4n) is 3.53. The molecule has 0 fully saturated rings. The Balaban J connectivity index is 3.13. The summed E-state index contributed by atoms with van der Waals surface area (Å²) in [4.78, 5) is 61.8. The SMILES string of the molecule is C=C(C)OC(=O)OCOC(=O)C(CCC(=O)OCc1ccccc1)CP(=O)(N[C@@H](C)C(=O)OCC)N[C@@H](C)C(=O)OCC. The van der Waals surface area contributed by atoms with E-state index in [0.29, 0.717) is 0 Å². The highest BCUT2D eigenvalue weighted by atomic mass is 31.2. The minimum Gasteiger partial charge on any atom is -0.465 e.